The normalized spacial score (nSPS) is 13.0. The average Bonchev–Trinajstić information content (AvgIpc) is 2.91. The predicted octanol–water partition coefficient (Wildman–Crippen LogP) is 1.58. The van der Waals surface area contributed by atoms with Crippen LogP contribution in [0.2, 0.25) is 0 Å². The number of nitrogens with zero attached hydrogens (tertiary/aromatic N) is 3. The molecule has 6 heteroatoms. The standard InChI is InChI=1S/C14H19N5O/c1-14(2,3)12(15)13(20)18-10-4-6-11(7-5-10)19-16-8-9-17-19/h4-9,12H,15H2,1-3H3,(H,18,20)/t12-/m1/s1. The first kappa shape index (κ1) is 14.2. The highest BCUT2D eigenvalue weighted by Gasteiger charge is 2.27. The molecule has 0 saturated carbocycles. The van der Waals surface area contributed by atoms with E-state index in [1.807, 2.05) is 32.9 Å². The molecular formula is C14H19N5O. The summed E-state index contributed by atoms with van der Waals surface area (Å²) in [5, 5.41) is 10.9. The van der Waals surface area contributed by atoms with Gasteiger partial charge in [-0.25, -0.2) is 0 Å². The minimum atomic E-state index is -0.560. The van der Waals surface area contributed by atoms with Crippen molar-refractivity contribution >= 4 is 11.6 Å². The lowest BCUT2D eigenvalue weighted by molar-refractivity contribution is -0.119. The molecular weight excluding hydrogens is 254 g/mol. The Bertz CT molecular complexity index is 569. The van der Waals surface area contributed by atoms with Crippen molar-refractivity contribution < 1.29 is 4.79 Å². The van der Waals surface area contributed by atoms with Crippen molar-refractivity contribution in [1.29, 1.82) is 0 Å². The van der Waals surface area contributed by atoms with Crippen LogP contribution in [0, 0.1) is 5.41 Å². The first-order valence-electron chi connectivity index (χ1n) is 6.41. The van der Waals surface area contributed by atoms with Gasteiger partial charge in [0.2, 0.25) is 5.91 Å². The van der Waals surface area contributed by atoms with Gasteiger partial charge in [0.1, 0.15) is 0 Å². The molecule has 1 aromatic heterocycles. The summed E-state index contributed by atoms with van der Waals surface area (Å²) in [6, 6.07) is 6.70. The number of nitrogens with one attached hydrogen (secondary N) is 1. The second-order valence-electron chi connectivity index (χ2n) is 5.70. The Kier molecular flexibility index (Phi) is 3.85. The predicted molar refractivity (Wildman–Crippen MR) is 77.4 cm³/mol. The van der Waals surface area contributed by atoms with Crippen LogP contribution >= 0.6 is 0 Å². The molecule has 0 saturated heterocycles. The zero-order valence-corrected chi connectivity index (χ0v) is 11.9. The van der Waals surface area contributed by atoms with Crippen LogP contribution in [0.15, 0.2) is 36.7 Å². The summed E-state index contributed by atoms with van der Waals surface area (Å²) in [7, 11) is 0. The summed E-state index contributed by atoms with van der Waals surface area (Å²) in [4.78, 5) is 13.5. The molecule has 1 aromatic carbocycles. The lowest BCUT2D eigenvalue weighted by Crippen LogP contribution is -2.45. The van der Waals surface area contributed by atoms with Crippen LogP contribution < -0.4 is 11.1 Å². The summed E-state index contributed by atoms with van der Waals surface area (Å²) < 4.78 is 0. The molecule has 0 radical (unpaired) electrons. The minimum Gasteiger partial charge on any atom is -0.325 e. The SMILES string of the molecule is CC(C)(C)[C@H](N)C(=O)Nc1ccc(-n2nccn2)cc1. The number of hydrogen-bond donors (Lipinski definition) is 2. The molecule has 2 rings (SSSR count). The van der Waals surface area contributed by atoms with E-state index in [9.17, 15) is 4.79 Å². The number of hydrogen-bond acceptors (Lipinski definition) is 4. The van der Waals surface area contributed by atoms with Crippen molar-refractivity contribution in [2.45, 2.75) is 26.8 Å². The average molecular weight is 273 g/mol. The molecule has 106 valence electrons. The van der Waals surface area contributed by atoms with Gasteiger partial charge in [-0.15, -0.1) is 0 Å². The van der Waals surface area contributed by atoms with E-state index >= 15 is 0 Å². The van der Waals surface area contributed by atoms with Gasteiger partial charge in [-0.05, 0) is 29.7 Å². The number of amides is 1. The monoisotopic (exact) mass is 273 g/mol. The maximum Gasteiger partial charge on any atom is 0.241 e. The van der Waals surface area contributed by atoms with Crippen molar-refractivity contribution in [3.8, 4) is 5.69 Å². The summed E-state index contributed by atoms with van der Waals surface area (Å²) >= 11 is 0. The molecule has 0 spiro atoms. The van der Waals surface area contributed by atoms with Gasteiger partial charge >= 0.3 is 0 Å². The smallest absolute Gasteiger partial charge is 0.241 e. The third kappa shape index (κ3) is 3.21. The molecule has 0 fully saturated rings. The number of carbonyl (C=O) groups excluding carboxylic acids is 1. The highest BCUT2D eigenvalue weighted by Crippen LogP contribution is 2.19. The van der Waals surface area contributed by atoms with Gasteiger partial charge in [0, 0.05) is 5.69 Å². The van der Waals surface area contributed by atoms with E-state index in [2.05, 4.69) is 15.5 Å². The van der Waals surface area contributed by atoms with Crippen molar-refractivity contribution in [3.05, 3.63) is 36.7 Å². The van der Waals surface area contributed by atoms with Crippen LogP contribution in [0.3, 0.4) is 0 Å². The summed E-state index contributed by atoms with van der Waals surface area (Å²) in [6.07, 6.45) is 3.22. The summed E-state index contributed by atoms with van der Waals surface area (Å²) in [6.45, 7) is 5.80. The van der Waals surface area contributed by atoms with Crippen LogP contribution in [-0.4, -0.2) is 26.9 Å². The van der Waals surface area contributed by atoms with Gasteiger partial charge in [0.15, 0.2) is 0 Å². The largest absolute Gasteiger partial charge is 0.325 e. The van der Waals surface area contributed by atoms with Crippen LogP contribution in [-0.2, 0) is 4.79 Å². The first-order valence-corrected chi connectivity index (χ1v) is 6.41. The lowest BCUT2D eigenvalue weighted by Gasteiger charge is -2.25. The fraction of sp³-hybridized carbons (Fsp3) is 0.357. The Labute approximate surface area is 118 Å². The molecule has 3 N–H and O–H groups in total. The summed E-state index contributed by atoms with van der Waals surface area (Å²) in [5.74, 6) is -0.192. The minimum absolute atomic E-state index is 0.192. The van der Waals surface area contributed by atoms with Crippen molar-refractivity contribution in [1.82, 2.24) is 15.0 Å². The second kappa shape index (κ2) is 5.42. The van der Waals surface area contributed by atoms with E-state index < -0.39 is 6.04 Å². The van der Waals surface area contributed by atoms with Crippen LogP contribution in [0.25, 0.3) is 5.69 Å². The van der Waals surface area contributed by atoms with Crippen LogP contribution in [0.1, 0.15) is 20.8 Å². The molecule has 2 aromatic rings. The fourth-order valence-corrected chi connectivity index (χ4v) is 1.64. The van der Waals surface area contributed by atoms with Crippen molar-refractivity contribution in [2.24, 2.45) is 11.1 Å². The Balaban J connectivity index is 2.06. The van der Waals surface area contributed by atoms with Gasteiger partial charge in [-0.1, -0.05) is 20.8 Å². The molecule has 0 aliphatic carbocycles. The zero-order valence-electron chi connectivity index (χ0n) is 11.9. The lowest BCUT2D eigenvalue weighted by atomic mass is 9.87. The number of anilines is 1. The molecule has 0 bridgehead atoms. The molecule has 1 atom stereocenters. The van der Waals surface area contributed by atoms with Crippen molar-refractivity contribution in [2.75, 3.05) is 5.32 Å². The molecule has 0 aliphatic rings. The zero-order chi connectivity index (χ0) is 14.8. The Morgan fingerprint density at radius 2 is 1.75 bits per heavy atom. The van der Waals surface area contributed by atoms with Crippen LogP contribution in [0.5, 0.6) is 0 Å². The van der Waals surface area contributed by atoms with Gasteiger partial charge in [0.25, 0.3) is 0 Å². The van der Waals surface area contributed by atoms with E-state index in [4.69, 9.17) is 5.73 Å². The maximum atomic E-state index is 12.0. The highest BCUT2D eigenvalue weighted by atomic mass is 16.2. The fourth-order valence-electron chi connectivity index (χ4n) is 1.64. The number of carbonyl (C=O) groups is 1. The first-order chi connectivity index (χ1) is 9.38. The van der Waals surface area contributed by atoms with Gasteiger partial charge in [-0.3, -0.25) is 4.79 Å². The maximum absolute atomic E-state index is 12.0. The van der Waals surface area contributed by atoms with E-state index in [1.54, 1.807) is 24.5 Å². The quantitative estimate of drug-likeness (QED) is 0.889. The van der Waals surface area contributed by atoms with E-state index in [0.29, 0.717) is 5.69 Å². The molecule has 20 heavy (non-hydrogen) atoms. The second-order valence-corrected chi connectivity index (χ2v) is 5.70. The Morgan fingerprint density at radius 3 is 2.25 bits per heavy atom. The highest BCUT2D eigenvalue weighted by molar-refractivity contribution is 5.95. The molecule has 0 aliphatic heterocycles. The van der Waals surface area contributed by atoms with Gasteiger partial charge in [0.05, 0.1) is 24.1 Å². The number of benzene rings is 1. The third-order valence-electron chi connectivity index (χ3n) is 3.00. The number of rotatable bonds is 3. The molecule has 1 heterocycles. The molecule has 6 nitrogen and oxygen atoms in total. The summed E-state index contributed by atoms with van der Waals surface area (Å²) in [5.41, 5.74) is 7.16. The molecule has 0 unspecified atom stereocenters. The van der Waals surface area contributed by atoms with E-state index in [0.717, 1.165) is 5.69 Å². The topological polar surface area (TPSA) is 85.8 Å². The molecule has 1 amide bonds. The Morgan fingerprint density at radius 1 is 1.20 bits per heavy atom. The van der Waals surface area contributed by atoms with Gasteiger partial charge in [-0.2, -0.15) is 15.0 Å². The number of aromatic nitrogens is 3. The van der Waals surface area contributed by atoms with Gasteiger partial charge < -0.3 is 11.1 Å². The Hall–Kier alpha value is -2.21. The van der Waals surface area contributed by atoms with E-state index in [-0.39, 0.29) is 11.3 Å². The van der Waals surface area contributed by atoms with E-state index in [1.165, 1.54) is 4.80 Å². The number of nitrogens with two attached hydrogens (primary N) is 1. The van der Waals surface area contributed by atoms with Crippen LogP contribution in [0.4, 0.5) is 5.69 Å². The third-order valence-corrected chi connectivity index (χ3v) is 3.00. The van der Waals surface area contributed by atoms with Crippen molar-refractivity contribution in [3.63, 3.8) is 0 Å².